The van der Waals surface area contributed by atoms with E-state index in [9.17, 15) is 4.79 Å². The molecule has 0 bridgehead atoms. The largest absolute Gasteiger partial charge is 0.501 e. The second-order valence-corrected chi connectivity index (χ2v) is 3.77. The highest BCUT2D eigenvalue weighted by atomic mass is 35.5. The fraction of sp³-hybridized carbons (Fsp3) is 0.357. The maximum Gasteiger partial charge on any atom is 0.341 e. The number of rotatable bonds is 6. The summed E-state index contributed by atoms with van der Waals surface area (Å²) in [7, 11) is 0. The van der Waals surface area contributed by atoms with E-state index in [0.29, 0.717) is 24.7 Å². The number of carbonyl (C=O) groups excluding carboxylic acids is 1. The number of esters is 1. The van der Waals surface area contributed by atoms with Crippen LogP contribution in [0, 0.1) is 0 Å². The summed E-state index contributed by atoms with van der Waals surface area (Å²) >= 11 is 5.87. The molecule has 0 fully saturated rings. The van der Waals surface area contributed by atoms with Crippen molar-refractivity contribution < 1.29 is 14.3 Å². The van der Waals surface area contributed by atoms with Crippen LogP contribution in [0.15, 0.2) is 30.5 Å². The lowest BCUT2D eigenvalue weighted by Crippen LogP contribution is -2.09. The zero-order chi connectivity index (χ0) is 13.4. The van der Waals surface area contributed by atoms with Gasteiger partial charge in [-0.1, -0.05) is 24.3 Å². The second-order valence-electron chi connectivity index (χ2n) is 3.50. The molecule has 0 aromatic heterocycles. The van der Waals surface area contributed by atoms with Gasteiger partial charge in [0.2, 0.25) is 0 Å². The Morgan fingerprint density at radius 3 is 2.61 bits per heavy atom. The zero-order valence-electron chi connectivity index (χ0n) is 10.6. The van der Waals surface area contributed by atoms with Crippen molar-refractivity contribution in [2.45, 2.75) is 19.7 Å². The standard InChI is InChI=1S/C14H17ClO3/c1-3-17-10-13(14(16)18-4-2)12-8-6-5-7-11(12)9-15/h5-8,10H,3-4,9H2,1-2H3/b13-10+. The van der Waals surface area contributed by atoms with Crippen LogP contribution in [0.1, 0.15) is 25.0 Å². The summed E-state index contributed by atoms with van der Waals surface area (Å²) in [5.41, 5.74) is 2.02. The molecular formula is C14H17ClO3. The lowest BCUT2D eigenvalue weighted by molar-refractivity contribution is -0.136. The van der Waals surface area contributed by atoms with Gasteiger partial charge in [0.25, 0.3) is 0 Å². The van der Waals surface area contributed by atoms with Gasteiger partial charge in [0.15, 0.2) is 0 Å². The van der Waals surface area contributed by atoms with E-state index >= 15 is 0 Å². The molecule has 1 aromatic rings. The highest BCUT2D eigenvalue weighted by Gasteiger charge is 2.16. The van der Waals surface area contributed by atoms with Crippen molar-refractivity contribution in [1.29, 1.82) is 0 Å². The topological polar surface area (TPSA) is 35.5 Å². The third-order valence-corrected chi connectivity index (χ3v) is 2.60. The summed E-state index contributed by atoms with van der Waals surface area (Å²) in [6.45, 7) is 4.44. The first-order chi connectivity index (χ1) is 8.74. The van der Waals surface area contributed by atoms with Crippen molar-refractivity contribution >= 4 is 23.1 Å². The summed E-state index contributed by atoms with van der Waals surface area (Å²) in [6, 6.07) is 7.44. The van der Waals surface area contributed by atoms with Gasteiger partial charge < -0.3 is 9.47 Å². The Bertz CT molecular complexity index is 427. The number of hydrogen-bond acceptors (Lipinski definition) is 3. The molecule has 1 aromatic carbocycles. The molecule has 0 aliphatic heterocycles. The fourth-order valence-corrected chi connectivity index (χ4v) is 1.73. The van der Waals surface area contributed by atoms with Crippen LogP contribution in [-0.4, -0.2) is 19.2 Å². The summed E-state index contributed by atoms with van der Waals surface area (Å²) < 4.78 is 10.2. The highest BCUT2D eigenvalue weighted by molar-refractivity contribution is 6.19. The van der Waals surface area contributed by atoms with E-state index in [0.717, 1.165) is 11.1 Å². The lowest BCUT2D eigenvalue weighted by Gasteiger charge is -2.10. The molecule has 98 valence electrons. The summed E-state index contributed by atoms with van der Waals surface area (Å²) in [5.74, 6) is -0.0671. The first kappa shape index (κ1) is 14.6. The van der Waals surface area contributed by atoms with Crippen LogP contribution in [0.25, 0.3) is 5.57 Å². The second kappa shape index (κ2) is 7.77. The van der Waals surface area contributed by atoms with Crippen molar-refractivity contribution in [1.82, 2.24) is 0 Å². The third-order valence-electron chi connectivity index (χ3n) is 2.31. The Morgan fingerprint density at radius 2 is 2.00 bits per heavy atom. The Hall–Kier alpha value is -1.48. The average Bonchev–Trinajstić information content (AvgIpc) is 2.40. The fourth-order valence-electron chi connectivity index (χ4n) is 1.50. The molecule has 4 heteroatoms. The number of halogens is 1. The molecule has 3 nitrogen and oxygen atoms in total. The number of carbonyl (C=O) groups is 1. The summed E-state index contributed by atoms with van der Waals surface area (Å²) in [4.78, 5) is 11.9. The van der Waals surface area contributed by atoms with Gasteiger partial charge in [0, 0.05) is 5.88 Å². The third kappa shape index (κ3) is 3.77. The molecule has 0 aliphatic rings. The minimum Gasteiger partial charge on any atom is -0.501 e. The predicted molar refractivity (Wildman–Crippen MR) is 72.2 cm³/mol. The predicted octanol–water partition coefficient (Wildman–Crippen LogP) is 3.37. The molecule has 0 radical (unpaired) electrons. The van der Waals surface area contributed by atoms with Crippen LogP contribution in [0.3, 0.4) is 0 Å². The molecule has 0 aliphatic carbocycles. The Morgan fingerprint density at radius 1 is 1.28 bits per heavy atom. The molecule has 1 rings (SSSR count). The van der Waals surface area contributed by atoms with Crippen molar-refractivity contribution in [3.63, 3.8) is 0 Å². The molecule has 0 amide bonds. The minimum atomic E-state index is -0.400. The van der Waals surface area contributed by atoms with Crippen molar-refractivity contribution in [3.05, 3.63) is 41.7 Å². The smallest absolute Gasteiger partial charge is 0.341 e. The van der Waals surface area contributed by atoms with Gasteiger partial charge in [-0.2, -0.15) is 0 Å². The van der Waals surface area contributed by atoms with Gasteiger partial charge in [-0.15, -0.1) is 11.6 Å². The summed E-state index contributed by atoms with van der Waals surface area (Å²) in [6.07, 6.45) is 1.43. The van der Waals surface area contributed by atoms with Gasteiger partial charge >= 0.3 is 5.97 Å². The van der Waals surface area contributed by atoms with Gasteiger partial charge in [-0.25, -0.2) is 4.79 Å². The van der Waals surface area contributed by atoms with Gasteiger partial charge in [0.1, 0.15) is 5.57 Å². The van der Waals surface area contributed by atoms with E-state index in [1.54, 1.807) is 6.92 Å². The molecule has 0 unspecified atom stereocenters. The summed E-state index contributed by atoms with van der Waals surface area (Å²) in [5, 5.41) is 0. The maximum atomic E-state index is 11.9. The molecule has 0 spiro atoms. The monoisotopic (exact) mass is 268 g/mol. The molecular weight excluding hydrogens is 252 g/mol. The van der Waals surface area contributed by atoms with Crippen LogP contribution in [0.2, 0.25) is 0 Å². The molecule has 0 saturated heterocycles. The van der Waals surface area contributed by atoms with E-state index in [1.165, 1.54) is 6.26 Å². The Balaban J connectivity index is 3.13. The average molecular weight is 269 g/mol. The van der Waals surface area contributed by atoms with Gasteiger partial charge in [0.05, 0.1) is 19.5 Å². The van der Waals surface area contributed by atoms with Gasteiger partial charge in [-0.05, 0) is 25.0 Å². The van der Waals surface area contributed by atoms with Crippen LogP contribution < -0.4 is 0 Å². The van der Waals surface area contributed by atoms with E-state index in [4.69, 9.17) is 21.1 Å². The molecule has 18 heavy (non-hydrogen) atoms. The molecule has 0 saturated carbocycles. The quantitative estimate of drug-likeness (QED) is 0.343. The number of alkyl halides is 1. The zero-order valence-corrected chi connectivity index (χ0v) is 11.4. The number of ether oxygens (including phenoxy) is 2. The van der Waals surface area contributed by atoms with E-state index in [1.807, 2.05) is 31.2 Å². The highest BCUT2D eigenvalue weighted by Crippen LogP contribution is 2.22. The Labute approximate surface area is 112 Å². The first-order valence-electron chi connectivity index (χ1n) is 5.87. The maximum absolute atomic E-state index is 11.9. The Kier molecular flexibility index (Phi) is 6.29. The minimum absolute atomic E-state index is 0.325. The van der Waals surface area contributed by atoms with Gasteiger partial charge in [-0.3, -0.25) is 0 Å². The van der Waals surface area contributed by atoms with E-state index in [-0.39, 0.29) is 0 Å². The van der Waals surface area contributed by atoms with Crippen LogP contribution in [0.4, 0.5) is 0 Å². The van der Waals surface area contributed by atoms with E-state index in [2.05, 4.69) is 0 Å². The van der Waals surface area contributed by atoms with Crippen LogP contribution >= 0.6 is 11.6 Å². The van der Waals surface area contributed by atoms with Crippen molar-refractivity contribution in [2.75, 3.05) is 13.2 Å². The SMILES string of the molecule is CCO/C=C(/C(=O)OCC)c1ccccc1CCl. The lowest BCUT2D eigenvalue weighted by atomic mass is 10.0. The van der Waals surface area contributed by atoms with Crippen molar-refractivity contribution in [3.8, 4) is 0 Å². The van der Waals surface area contributed by atoms with Crippen LogP contribution in [-0.2, 0) is 20.1 Å². The molecule has 0 heterocycles. The number of hydrogen-bond donors (Lipinski definition) is 0. The van der Waals surface area contributed by atoms with Crippen LogP contribution in [0.5, 0.6) is 0 Å². The molecule has 0 atom stereocenters. The normalized spacial score (nSPS) is 11.2. The molecule has 0 N–H and O–H groups in total. The van der Waals surface area contributed by atoms with E-state index < -0.39 is 5.97 Å². The number of benzene rings is 1. The van der Waals surface area contributed by atoms with Crippen molar-refractivity contribution in [2.24, 2.45) is 0 Å². The first-order valence-corrected chi connectivity index (χ1v) is 6.41.